The van der Waals surface area contributed by atoms with Gasteiger partial charge in [-0.25, -0.2) is 14.9 Å². The van der Waals surface area contributed by atoms with Crippen molar-refractivity contribution in [3.63, 3.8) is 0 Å². The van der Waals surface area contributed by atoms with E-state index in [0.717, 1.165) is 10.6 Å². The quantitative estimate of drug-likeness (QED) is 0.591. The van der Waals surface area contributed by atoms with Crippen LogP contribution in [-0.2, 0) is 10.2 Å². The molecule has 0 radical (unpaired) electrons. The van der Waals surface area contributed by atoms with Gasteiger partial charge < -0.3 is 15.0 Å². The smallest absolute Gasteiger partial charge is 0.354 e. The molecule has 0 atom stereocenters. The van der Waals surface area contributed by atoms with E-state index >= 15 is 0 Å². The van der Waals surface area contributed by atoms with E-state index < -0.39 is 22.1 Å². The first kappa shape index (κ1) is 14.4. The van der Waals surface area contributed by atoms with E-state index in [0.29, 0.717) is 0 Å². The van der Waals surface area contributed by atoms with Crippen molar-refractivity contribution in [1.82, 2.24) is 19.2 Å². The third kappa shape index (κ3) is 2.79. The van der Waals surface area contributed by atoms with Crippen LogP contribution < -0.4 is 5.14 Å². The van der Waals surface area contributed by atoms with Crippen molar-refractivity contribution >= 4 is 22.1 Å². The second-order valence-corrected chi connectivity index (χ2v) is 5.71. The van der Waals surface area contributed by atoms with Gasteiger partial charge in [-0.3, -0.25) is 4.79 Å². The van der Waals surface area contributed by atoms with Crippen LogP contribution in [0.2, 0.25) is 0 Å². The molecule has 0 aromatic carbocycles. The van der Waals surface area contributed by atoms with Gasteiger partial charge in [0.2, 0.25) is 0 Å². The number of carboxylic acid groups (broad SMARTS) is 1. The zero-order valence-corrected chi connectivity index (χ0v) is 11.1. The Balaban J connectivity index is 2.09. The second-order valence-electron chi connectivity index (χ2n) is 4.17. The van der Waals surface area contributed by atoms with Gasteiger partial charge >= 0.3 is 5.97 Å². The van der Waals surface area contributed by atoms with Gasteiger partial charge in [0, 0.05) is 26.2 Å². The number of piperazine rings is 1. The van der Waals surface area contributed by atoms with E-state index in [9.17, 15) is 18.0 Å². The molecule has 0 saturated carbocycles. The van der Waals surface area contributed by atoms with Gasteiger partial charge in [-0.15, -0.1) is 0 Å². The van der Waals surface area contributed by atoms with Crippen molar-refractivity contribution in [3.05, 3.63) is 17.7 Å². The van der Waals surface area contributed by atoms with Crippen LogP contribution in [0.4, 0.5) is 0 Å². The fraction of sp³-hybridized carbons (Fsp3) is 0.444. The van der Waals surface area contributed by atoms with Crippen molar-refractivity contribution in [2.75, 3.05) is 26.2 Å². The first-order valence-electron chi connectivity index (χ1n) is 5.64. The number of H-pyrrole nitrogens is 1. The number of nitrogens with two attached hydrogens (primary N) is 1. The summed E-state index contributed by atoms with van der Waals surface area (Å²) >= 11 is 0. The average molecular weight is 303 g/mol. The fourth-order valence-corrected chi connectivity index (χ4v) is 2.59. The summed E-state index contributed by atoms with van der Waals surface area (Å²) in [7, 11) is -3.77. The Morgan fingerprint density at radius 3 is 2.40 bits per heavy atom. The van der Waals surface area contributed by atoms with Crippen LogP contribution in [0.1, 0.15) is 21.0 Å². The molecule has 20 heavy (non-hydrogen) atoms. The van der Waals surface area contributed by atoms with Crippen LogP contribution in [0, 0.1) is 0 Å². The number of amides is 1. The minimum Gasteiger partial charge on any atom is -0.477 e. The maximum absolute atomic E-state index is 12.1. The van der Waals surface area contributed by atoms with Gasteiger partial charge in [0.1, 0.15) is 0 Å². The lowest BCUT2D eigenvalue weighted by molar-refractivity contribution is 0.0649. The summed E-state index contributed by atoms with van der Waals surface area (Å²) in [4.78, 5) is 30.4. The van der Waals surface area contributed by atoms with Crippen LogP contribution in [-0.4, -0.2) is 70.8 Å². The number of carboxylic acids is 1. The number of carbonyl (C=O) groups is 2. The number of aromatic nitrogens is 2. The maximum Gasteiger partial charge on any atom is 0.354 e. The molecule has 1 aromatic rings. The normalized spacial score (nSPS) is 17.1. The van der Waals surface area contributed by atoms with E-state index in [2.05, 4.69) is 9.97 Å². The van der Waals surface area contributed by atoms with E-state index in [1.807, 2.05) is 0 Å². The highest BCUT2D eigenvalue weighted by atomic mass is 32.2. The number of rotatable bonds is 3. The number of nitrogens with zero attached hydrogens (tertiary/aromatic N) is 3. The van der Waals surface area contributed by atoms with E-state index in [4.69, 9.17) is 10.2 Å². The van der Waals surface area contributed by atoms with Crippen LogP contribution >= 0.6 is 0 Å². The lowest BCUT2D eigenvalue weighted by Crippen LogP contribution is -2.52. The van der Waals surface area contributed by atoms with E-state index in [1.165, 1.54) is 4.90 Å². The van der Waals surface area contributed by atoms with Crippen molar-refractivity contribution in [1.29, 1.82) is 0 Å². The Kier molecular flexibility index (Phi) is 3.74. The van der Waals surface area contributed by atoms with Crippen molar-refractivity contribution in [2.24, 2.45) is 5.14 Å². The molecule has 2 rings (SSSR count). The van der Waals surface area contributed by atoms with E-state index in [1.54, 1.807) is 0 Å². The predicted molar refractivity (Wildman–Crippen MR) is 66.1 cm³/mol. The molecule has 1 fully saturated rings. The molecule has 2 heterocycles. The molecule has 1 aromatic heterocycles. The van der Waals surface area contributed by atoms with Crippen LogP contribution in [0.3, 0.4) is 0 Å². The molecule has 10 nitrogen and oxygen atoms in total. The molecule has 0 unspecified atom stereocenters. The topological polar surface area (TPSA) is 150 Å². The zero-order chi connectivity index (χ0) is 14.9. The van der Waals surface area contributed by atoms with Gasteiger partial charge in [0.15, 0.2) is 11.4 Å². The molecule has 0 bridgehead atoms. The lowest BCUT2D eigenvalue weighted by Gasteiger charge is -2.32. The summed E-state index contributed by atoms with van der Waals surface area (Å²) in [6.45, 7) is 0.386. The highest BCUT2D eigenvalue weighted by molar-refractivity contribution is 7.86. The van der Waals surface area contributed by atoms with E-state index in [-0.39, 0.29) is 37.6 Å². The Morgan fingerprint density at radius 1 is 1.30 bits per heavy atom. The molecule has 1 saturated heterocycles. The van der Waals surface area contributed by atoms with Gasteiger partial charge in [-0.1, -0.05) is 0 Å². The standard InChI is InChI=1S/C9H13N5O5S/c10-20(18,19)14-3-1-13(2-4-14)8(15)6-7(9(16)17)12-5-11-6/h5H,1-4H2,(H,11,12)(H,16,17)(H2,10,18,19). The Labute approximate surface area is 114 Å². The van der Waals surface area contributed by atoms with Crippen molar-refractivity contribution < 1.29 is 23.1 Å². The van der Waals surface area contributed by atoms with Gasteiger partial charge in [-0.2, -0.15) is 12.7 Å². The number of carbonyl (C=O) groups excluding carboxylic acids is 1. The third-order valence-corrected chi connectivity index (χ3v) is 4.03. The van der Waals surface area contributed by atoms with Crippen LogP contribution in [0.5, 0.6) is 0 Å². The predicted octanol–water partition coefficient (Wildman–Crippen LogP) is -1.93. The molecule has 11 heteroatoms. The van der Waals surface area contributed by atoms with Crippen LogP contribution in [0.15, 0.2) is 6.33 Å². The molecule has 1 amide bonds. The monoisotopic (exact) mass is 303 g/mol. The number of aromatic amines is 1. The summed E-state index contributed by atoms with van der Waals surface area (Å²) in [5.74, 6) is -1.84. The molecule has 0 spiro atoms. The van der Waals surface area contributed by atoms with Gasteiger partial charge in [0.05, 0.1) is 6.33 Å². The molecule has 110 valence electrons. The van der Waals surface area contributed by atoms with Gasteiger partial charge in [0.25, 0.3) is 16.1 Å². The molecular formula is C9H13N5O5S. The minimum atomic E-state index is -3.77. The molecular weight excluding hydrogens is 290 g/mol. The number of hydrogen-bond acceptors (Lipinski definition) is 5. The first-order valence-corrected chi connectivity index (χ1v) is 7.15. The summed E-state index contributed by atoms with van der Waals surface area (Å²) < 4.78 is 23.3. The summed E-state index contributed by atoms with van der Waals surface area (Å²) in [5, 5.41) is 13.9. The Hall–Kier alpha value is -1.98. The number of imidazole rings is 1. The summed E-state index contributed by atoms with van der Waals surface area (Å²) in [6.07, 6.45) is 1.12. The van der Waals surface area contributed by atoms with Gasteiger partial charge in [-0.05, 0) is 0 Å². The lowest BCUT2D eigenvalue weighted by atomic mass is 10.2. The summed E-state index contributed by atoms with van der Waals surface area (Å²) in [6, 6.07) is 0. The Morgan fingerprint density at radius 2 is 1.90 bits per heavy atom. The molecule has 4 N–H and O–H groups in total. The number of hydrogen-bond donors (Lipinski definition) is 3. The number of aromatic carboxylic acids is 1. The fourth-order valence-electron chi connectivity index (χ4n) is 1.91. The molecule has 0 aliphatic carbocycles. The van der Waals surface area contributed by atoms with Crippen molar-refractivity contribution in [3.8, 4) is 0 Å². The van der Waals surface area contributed by atoms with Crippen LogP contribution in [0.25, 0.3) is 0 Å². The Bertz CT molecular complexity index is 631. The maximum atomic E-state index is 12.1. The third-order valence-electron chi connectivity index (χ3n) is 2.94. The highest BCUT2D eigenvalue weighted by Gasteiger charge is 2.30. The SMILES string of the molecule is NS(=O)(=O)N1CCN(C(=O)c2nc[nH]c2C(=O)O)CC1. The molecule has 1 aliphatic rings. The first-order chi connectivity index (χ1) is 9.30. The minimum absolute atomic E-state index is 0.0669. The number of nitrogens with one attached hydrogen (secondary N) is 1. The summed E-state index contributed by atoms with van der Waals surface area (Å²) in [5.41, 5.74) is -0.481. The van der Waals surface area contributed by atoms with Crippen molar-refractivity contribution in [2.45, 2.75) is 0 Å². The largest absolute Gasteiger partial charge is 0.477 e. The zero-order valence-electron chi connectivity index (χ0n) is 10.3. The second kappa shape index (κ2) is 5.19. The highest BCUT2D eigenvalue weighted by Crippen LogP contribution is 2.11. The molecule has 1 aliphatic heterocycles. The average Bonchev–Trinajstić information content (AvgIpc) is 2.86.